The maximum Gasteiger partial charge on any atom is 0.314 e. The molecule has 0 spiro atoms. The first-order chi connectivity index (χ1) is 6.59. The van der Waals surface area contributed by atoms with Crippen molar-refractivity contribution < 1.29 is 9.53 Å². The highest BCUT2D eigenvalue weighted by molar-refractivity contribution is 5.72. The summed E-state index contributed by atoms with van der Waals surface area (Å²) < 4.78 is 5.42. The van der Waals surface area contributed by atoms with Crippen LogP contribution in [0.5, 0.6) is 0 Å². The number of nitrogens with two attached hydrogens (primary N) is 2. The second-order valence-electron chi connectivity index (χ2n) is 3.86. The third kappa shape index (κ3) is 3.51. The van der Waals surface area contributed by atoms with E-state index in [0.717, 1.165) is 19.4 Å². The van der Waals surface area contributed by atoms with E-state index < -0.39 is 6.03 Å². The molecule has 0 bridgehead atoms. The average molecular weight is 201 g/mol. The van der Waals surface area contributed by atoms with Gasteiger partial charge in [0.05, 0.1) is 6.10 Å². The van der Waals surface area contributed by atoms with Gasteiger partial charge in [-0.2, -0.15) is 0 Å². The molecule has 2 atom stereocenters. The molecule has 82 valence electrons. The average Bonchev–Trinajstić information content (AvgIpc) is 2.54. The Morgan fingerprint density at radius 2 is 2.43 bits per heavy atom. The fourth-order valence-corrected chi connectivity index (χ4v) is 1.64. The molecule has 0 saturated carbocycles. The molecule has 1 heterocycles. The van der Waals surface area contributed by atoms with Gasteiger partial charge in [0.1, 0.15) is 0 Å². The first-order valence-corrected chi connectivity index (χ1v) is 5.01. The molecule has 1 fully saturated rings. The maximum absolute atomic E-state index is 11.1. The lowest BCUT2D eigenvalue weighted by Crippen LogP contribution is -2.46. The van der Waals surface area contributed by atoms with Crippen molar-refractivity contribution in [2.24, 2.45) is 11.5 Å². The summed E-state index contributed by atoms with van der Waals surface area (Å²) in [6, 6.07) is -0.471. The second kappa shape index (κ2) is 5.17. The molecular formula is C9H19N3O2. The van der Waals surface area contributed by atoms with Gasteiger partial charge in [0.15, 0.2) is 0 Å². The number of primary amides is 1. The smallest absolute Gasteiger partial charge is 0.314 e. The fourth-order valence-electron chi connectivity index (χ4n) is 1.64. The number of urea groups is 1. The third-order valence-corrected chi connectivity index (χ3v) is 2.27. The van der Waals surface area contributed by atoms with Gasteiger partial charge in [0, 0.05) is 25.7 Å². The SMILES string of the molecule is CC(N)CN(CC1CCCO1)C(N)=O. The van der Waals surface area contributed by atoms with Gasteiger partial charge in [-0.1, -0.05) is 0 Å². The summed E-state index contributed by atoms with van der Waals surface area (Å²) in [6.07, 6.45) is 2.21. The summed E-state index contributed by atoms with van der Waals surface area (Å²) in [5.41, 5.74) is 10.9. The van der Waals surface area contributed by atoms with Gasteiger partial charge in [0.25, 0.3) is 0 Å². The molecular weight excluding hydrogens is 182 g/mol. The number of rotatable bonds is 4. The van der Waals surface area contributed by atoms with Gasteiger partial charge < -0.3 is 21.1 Å². The van der Waals surface area contributed by atoms with Crippen LogP contribution in [0.3, 0.4) is 0 Å². The zero-order chi connectivity index (χ0) is 10.6. The van der Waals surface area contributed by atoms with Crippen LogP contribution in [0.15, 0.2) is 0 Å². The molecule has 0 aromatic rings. The lowest BCUT2D eigenvalue weighted by Gasteiger charge is -2.24. The van der Waals surface area contributed by atoms with Crippen molar-refractivity contribution in [2.45, 2.75) is 31.9 Å². The summed E-state index contributed by atoms with van der Waals surface area (Å²) in [5, 5.41) is 0. The van der Waals surface area contributed by atoms with E-state index in [1.165, 1.54) is 0 Å². The molecule has 0 radical (unpaired) electrons. The van der Waals surface area contributed by atoms with E-state index >= 15 is 0 Å². The molecule has 0 aromatic heterocycles. The molecule has 1 aliphatic rings. The van der Waals surface area contributed by atoms with Gasteiger partial charge in [-0.3, -0.25) is 0 Å². The zero-order valence-corrected chi connectivity index (χ0v) is 8.61. The fraction of sp³-hybridized carbons (Fsp3) is 0.889. The number of nitrogens with zero attached hydrogens (tertiary/aromatic N) is 1. The van der Waals surface area contributed by atoms with Gasteiger partial charge >= 0.3 is 6.03 Å². The molecule has 2 unspecified atom stereocenters. The van der Waals surface area contributed by atoms with Crippen molar-refractivity contribution in [1.29, 1.82) is 0 Å². The lowest BCUT2D eigenvalue weighted by molar-refractivity contribution is 0.0818. The van der Waals surface area contributed by atoms with Crippen molar-refractivity contribution in [1.82, 2.24) is 4.90 Å². The Labute approximate surface area is 84.4 Å². The molecule has 0 aromatic carbocycles. The second-order valence-corrected chi connectivity index (χ2v) is 3.86. The number of hydrogen-bond donors (Lipinski definition) is 2. The van der Waals surface area contributed by atoms with Crippen LogP contribution in [0.25, 0.3) is 0 Å². The highest BCUT2D eigenvalue weighted by atomic mass is 16.5. The predicted molar refractivity (Wildman–Crippen MR) is 53.8 cm³/mol. The lowest BCUT2D eigenvalue weighted by atomic mass is 10.2. The Morgan fingerprint density at radius 3 is 2.86 bits per heavy atom. The van der Waals surface area contributed by atoms with E-state index in [-0.39, 0.29) is 12.1 Å². The number of amides is 2. The molecule has 4 N–H and O–H groups in total. The quantitative estimate of drug-likeness (QED) is 0.666. The molecule has 1 aliphatic heterocycles. The van der Waals surface area contributed by atoms with E-state index in [1.807, 2.05) is 6.92 Å². The van der Waals surface area contributed by atoms with Crippen molar-refractivity contribution in [3.05, 3.63) is 0 Å². The Bertz CT molecular complexity index is 190. The summed E-state index contributed by atoms with van der Waals surface area (Å²) in [6.45, 7) is 3.70. The normalized spacial score (nSPS) is 23.4. The molecule has 1 saturated heterocycles. The van der Waals surface area contributed by atoms with Crippen LogP contribution >= 0.6 is 0 Å². The molecule has 5 heteroatoms. The first-order valence-electron chi connectivity index (χ1n) is 5.01. The molecule has 1 rings (SSSR count). The van der Waals surface area contributed by atoms with Crippen LogP contribution in [-0.2, 0) is 4.74 Å². The minimum absolute atomic E-state index is 0.0519. The largest absolute Gasteiger partial charge is 0.376 e. The number of carbonyl (C=O) groups is 1. The highest BCUT2D eigenvalue weighted by Crippen LogP contribution is 2.13. The Kier molecular flexibility index (Phi) is 4.16. The summed E-state index contributed by atoms with van der Waals surface area (Å²) >= 11 is 0. The number of hydrogen-bond acceptors (Lipinski definition) is 3. The first kappa shape index (κ1) is 11.3. The third-order valence-electron chi connectivity index (χ3n) is 2.27. The van der Waals surface area contributed by atoms with Crippen molar-refractivity contribution >= 4 is 6.03 Å². The highest BCUT2D eigenvalue weighted by Gasteiger charge is 2.21. The molecule has 14 heavy (non-hydrogen) atoms. The van der Waals surface area contributed by atoms with Crippen LogP contribution in [0, 0.1) is 0 Å². The molecule has 0 aliphatic carbocycles. The Morgan fingerprint density at radius 1 is 1.71 bits per heavy atom. The van der Waals surface area contributed by atoms with E-state index in [9.17, 15) is 4.79 Å². The van der Waals surface area contributed by atoms with Crippen molar-refractivity contribution in [2.75, 3.05) is 19.7 Å². The van der Waals surface area contributed by atoms with Gasteiger partial charge in [-0.25, -0.2) is 4.79 Å². The zero-order valence-electron chi connectivity index (χ0n) is 8.61. The monoisotopic (exact) mass is 201 g/mol. The van der Waals surface area contributed by atoms with Crippen LogP contribution in [0.1, 0.15) is 19.8 Å². The van der Waals surface area contributed by atoms with Gasteiger partial charge in [-0.05, 0) is 19.8 Å². The van der Waals surface area contributed by atoms with E-state index in [1.54, 1.807) is 4.90 Å². The summed E-state index contributed by atoms with van der Waals surface area (Å²) in [7, 11) is 0. The minimum atomic E-state index is -0.419. The molecule has 2 amide bonds. The van der Waals surface area contributed by atoms with Crippen molar-refractivity contribution in [3.63, 3.8) is 0 Å². The topological polar surface area (TPSA) is 81.6 Å². The Hall–Kier alpha value is -0.810. The van der Waals surface area contributed by atoms with Crippen LogP contribution < -0.4 is 11.5 Å². The van der Waals surface area contributed by atoms with Crippen LogP contribution in [0.2, 0.25) is 0 Å². The minimum Gasteiger partial charge on any atom is -0.376 e. The number of ether oxygens (including phenoxy) is 1. The Balaban J connectivity index is 2.37. The van der Waals surface area contributed by atoms with Gasteiger partial charge in [0.2, 0.25) is 0 Å². The van der Waals surface area contributed by atoms with Crippen molar-refractivity contribution in [3.8, 4) is 0 Å². The predicted octanol–water partition coefficient (Wildman–Crippen LogP) is -0.107. The van der Waals surface area contributed by atoms with E-state index in [4.69, 9.17) is 16.2 Å². The number of carbonyl (C=O) groups excluding carboxylic acids is 1. The van der Waals surface area contributed by atoms with Crippen LogP contribution in [0.4, 0.5) is 4.79 Å². The molecule has 5 nitrogen and oxygen atoms in total. The van der Waals surface area contributed by atoms with E-state index in [0.29, 0.717) is 13.1 Å². The maximum atomic E-state index is 11.1. The standard InChI is InChI=1S/C9H19N3O2/c1-7(10)5-12(9(11)13)6-8-3-2-4-14-8/h7-8H,2-6,10H2,1H3,(H2,11,13). The summed E-state index contributed by atoms with van der Waals surface area (Å²) in [4.78, 5) is 12.6. The van der Waals surface area contributed by atoms with Crippen LogP contribution in [-0.4, -0.2) is 42.8 Å². The summed E-state index contributed by atoms with van der Waals surface area (Å²) in [5.74, 6) is 0. The van der Waals surface area contributed by atoms with E-state index in [2.05, 4.69) is 0 Å². The van der Waals surface area contributed by atoms with Gasteiger partial charge in [-0.15, -0.1) is 0 Å².